The highest BCUT2D eigenvalue weighted by atomic mass is 35.5. The van der Waals surface area contributed by atoms with Crippen LogP contribution in [0.15, 0.2) is 65.6 Å². The van der Waals surface area contributed by atoms with Crippen molar-refractivity contribution in [3.8, 4) is 0 Å². The highest BCUT2D eigenvalue weighted by Gasteiger charge is 2.24. The molecule has 0 saturated heterocycles. The van der Waals surface area contributed by atoms with E-state index in [0.29, 0.717) is 16.5 Å². The number of amides is 1. The van der Waals surface area contributed by atoms with Crippen LogP contribution < -0.4 is 9.62 Å². The Kier molecular flexibility index (Phi) is 8.83. The lowest BCUT2D eigenvalue weighted by atomic mass is 10.2. The minimum atomic E-state index is -3.85. The molecule has 11 heteroatoms. The molecule has 0 saturated carbocycles. The van der Waals surface area contributed by atoms with Gasteiger partial charge in [0, 0.05) is 15.7 Å². The van der Waals surface area contributed by atoms with Gasteiger partial charge >= 0.3 is 0 Å². The van der Waals surface area contributed by atoms with Gasteiger partial charge in [-0.1, -0.05) is 70.7 Å². The predicted octanol–water partition coefficient (Wildman–Crippen LogP) is 7.00. The van der Waals surface area contributed by atoms with Crippen LogP contribution in [0.4, 0.5) is 11.4 Å². The van der Waals surface area contributed by atoms with E-state index in [1.165, 1.54) is 23.9 Å². The summed E-state index contributed by atoms with van der Waals surface area (Å²) < 4.78 is 25.7. The lowest BCUT2D eigenvalue weighted by molar-refractivity contribution is -0.114. The summed E-state index contributed by atoms with van der Waals surface area (Å²) in [6.07, 6.45) is 0.981. The fourth-order valence-corrected chi connectivity index (χ4v) is 5.49. The van der Waals surface area contributed by atoms with Gasteiger partial charge in [-0.25, -0.2) is 8.42 Å². The van der Waals surface area contributed by atoms with Gasteiger partial charge in [0.15, 0.2) is 0 Å². The molecule has 0 fully saturated rings. The van der Waals surface area contributed by atoms with Crippen molar-refractivity contribution in [3.63, 3.8) is 0 Å². The van der Waals surface area contributed by atoms with Gasteiger partial charge in [-0.05, 0) is 42.0 Å². The third-order valence-corrected chi connectivity index (χ3v) is 7.96. The van der Waals surface area contributed by atoms with E-state index in [-0.39, 0.29) is 20.8 Å². The summed E-state index contributed by atoms with van der Waals surface area (Å²) in [5.74, 6) is 0.125. The Morgan fingerprint density at radius 1 is 0.939 bits per heavy atom. The number of para-hydroxylation sites is 1. The number of carbonyl (C=O) groups excluding carboxylic acids is 1. The van der Waals surface area contributed by atoms with Gasteiger partial charge in [0.2, 0.25) is 15.9 Å². The molecular weight excluding hydrogens is 546 g/mol. The zero-order valence-electron chi connectivity index (χ0n) is 17.2. The summed E-state index contributed by atoms with van der Waals surface area (Å²) in [6, 6.07) is 17.4. The van der Waals surface area contributed by atoms with Crippen LogP contribution in [-0.4, -0.2) is 27.1 Å². The first kappa shape index (κ1) is 26.0. The van der Waals surface area contributed by atoms with Crippen LogP contribution in [0.25, 0.3) is 0 Å². The van der Waals surface area contributed by atoms with Crippen LogP contribution in [0.3, 0.4) is 0 Å². The standard InChI is InChI=1S/C22H18Cl4N2O3S2/c1-33(30,31)28(20-11-17(25)16(24)10-18(20)26)12-22(29)27-19-4-2-3-5-21(19)32-13-14-6-8-15(23)9-7-14/h2-11H,12-13H2,1H3,(H,27,29). The van der Waals surface area contributed by atoms with Crippen LogP contribution in [-0.2, 0) is 20.6 Å². The van der Waals surface area contributed by atoms with Gasteiger partial charge in [-0.15, -0.1) is 11.8 Å². The second-order valence-electron chi connectivity index (χ2n) is 6.95. The van der Waals surface area contributed by atoms with Gasteiger partial charge in [-0.3, -0.25) is 9.10 Å². The highest BCUT2D eigenvalue weighted by molar-refractivity contribution is 7.98. The van der Waals surface area contributed by atoms with E-state index in [1.54, 1.807) is 12.1 Å². The van der Waals surface area contributed by atoms with Crippen LogP contribution >= 0.6 is 58.2 Å². The first-order valence-corrected chi connectivity index (χ1v) is 13.8. The van der Waals surface area contributed by atoms with E-state index >= 15 is 0 Å². The van der Waals surface area contributed by atoms with E-state index < -0.39 is 22.5 Å². The number of halogens is 4. The molecule has 0 radical (unpaired) electrons. The maximum Gasteiger partial charge on any atom is 0.245 e. The number of hydrogen-bond acceptors (Lipinski definition) is 4. The molecule has 1 amide bonds. The predicted molar refractivity (Wildman–Crippen MR) is 140 cm³/mol. The fraction of sp³-hybridized carbons (Fsp3) is 0.136. The highest BCUT2D eigenvalue weighted by Crippen LogP contribution is 2.36. The molecule has 3 aromatic carbocycles. The molecular formula is C22H18Cl4N2O3S2. The number of nitrogens with zero attached hydrogens (tertiary/aromatic N) is 1. The lowest BCUT2D eigenvalue weighted by Gasteiger charge is -2.23. The molecule has 0 aliphatic rings. The Hall–Kier alpha value is -1.61. The van der Waals surface area contributed by atoms with Crippen molar-refractivity contribution in [2.24, 2.45) is 0 Å². The molecule has 33 heavy (non-hydrogen) atoms. The van der Waals surface area contributed by atoms with E-state index in [9.17, 15) is 13.2 Å². The zero-order chi connectivity index (χ0) is 24.2. The number of nitrogens with one attached hydrogen (secondary N) is 1. The van der Waals surface area contributed by atoms with Crippen LogP contribution in [0.2, 0.25) is 20.1 Å². The third kappa shape index (κ3) is 7.18. The average Bonchev–Trinajstić information content (AvgIpc) is 2.74. The van der Waals surface area contributed by atoms with Gasteiger partial charge in [0.25, 0.3) is 0 Å². The summed E-state index contributed by atoms with van der Waals surface area (Å²) >= 11 is 25.6. The number of anilines is 2. The monoisotopic (exact) mass is 562 g/mol. The normalized spacial score (nSPS) is 11.3. The van der Waals surface area contributed by atoms with Crippen molar-refractivity contribution in [1.29, 1.82) is 0 Å². The van der Waals surface area contributed by atoms with Gasteiger partial charge in [0.1, 0.15) is 6.54 Å². The molecule has 0 aromatic heterocycles. The van der Waals surface area contributed by atoms with Crippen molar-refractivity contribution in [3.05, 3.63) is 86.3 Å². The van der Waals surface area contributed by atoms with Gasteiger partial charge in [-0.2, -0.15) is 0 Å². The van der Waals surface area contributed by atoms with Crippen LogP contribution in [0.1, 0.15) is 5.56 Å². The second-order valence-corrected chi connectivity index (χ2v) is 11.5. The van der Waals surface area contributed by atoms with Gasteiger partial charge < -0.3 is 5.32 Å². The molecule has 0 aliphatic carbocycles. The topological polar surface area (TPSA) is 66.5 Å². The third-order valence-electron chi connectivity index (χ3n) is 4.41. The quantitative estimate of drug-likeness (QED) is 0.237. The zero-order valence-corrected chi connectivity index (χ0v) is 21.8. The number of rotatable bonds is 8. The van der Waals surface area contributed by atoms with Crippen LogP contribution in [0.5, 0.6) is 0 Å². The summed E-state index contributed by atoms with van der Waals surface area (Å²) in [6.45, 7) is -0.493. The Morgan fingerprint density at radius 2 is 1.58 bits per heavy atom. The Morgan fingerprint density at radius 3 is 2.24 bits per heavy atom. The average molecular weight is 564 g/mol. The molecule has 0 unspecified atom stereocenters. The minimum absolute atomic E-state index is 0.0570. The largest absolute Gasteiger partial charge is 0.323 e. The summed E-state index contributed by atoms with van der Waals surface area (Å²) in [5, 5.41) is 3.80. The second kappa shape index (κ2) is 11.2. The molecule has 174 valence electrons. The molecule has 5 nitrogen and oxygen atoms in total. The molecule has 0 spiro atoms. The van der Waals surface area contributed by atoms with Crippen molar-refractivity contribution in [2.45, 2.75) is 10.6 Å². The Bertz CT molecular complexity index is 1270. The minimum Gasteiger partial charge on any atom is -0.323 e. The van der Waals surface area contributed by atoms with E-state index in [0.717, 1.165) is 21.0 Å². The SMILES string of the molecule is CS(=O)(=O)N(CC(=O)Nc1ccccc1SCc1ccc(Cl)cc1)c1cc(Cl)c(Cl)cc1Cl. The number of benzene rings is 3. The summed E-state index contributed by atoms with van der Waals surface area (Å²) in [5.41, 5.74) is 1.70. The first-order chi connectivity index (χ1) is 15.5. The smallest absolute Gasteiger partial charge is 0.245 e. The lowest BCUT2D eigenvalue weighted by Crippen LogP contribution is -2.37. The molecule has 0 aliphatic heterocycles. The van der Waals surface area contributed by atoms with E-state index in [2.05, 4.69) is 5.32 Å². The molecule has 0 heterocycles. The molecule has 0 bridgehead atoms. The molecule has 1 N–H and O–H groups in total. The molecule has 3 rings (SSSR count). The van der Waals surface area contributed by atoms with Gasteiger partial charge in [0.05, 0.1) is 32.7 Å². The van der Waals surface area contributed by atoms with Crippen molar-refractivity contribution in [1.82, 2.24) is 0 Å². The van der Waals surface area contributed by atoms with E-state index in [4.69, 9.17) is 46.4 Å². The van der Waals surface area contributed by atoms with Crippen molar-refractivity contribution in [2.75, 3.05) is 22.4 Å². The maximum absolute atomic E-state index is 12.8. The summed E-state index contributed by atoms with van der Waals surface area (Å²) in [4.78, 5) is 13.7. The number of sulfonamides is 1. The first-order valence-electron chi connectivity index (χ1n) is 9.43. The molecule has 3 aromatic rings. The van der Waals surface area contributed by atoms with Crippen LogP contribution in [0, 0.1) is 0 Å². The van der Waals surface area contributed by atoms with Crippen molar-refractivity contribution >= 4 is 85.5 Å². The fourth-order valence-electron chi connectivity index (χ4n) is 2.84. The van der Waals surface area contributed by atoms with Crippen molar-refractivity contribution < 1.29 is 13.2 Å². The Balaban J connectivity index is 1.77. The number of thioether (sulfide) groups is 1. The maximum atomic E-state index is 12.8. The Labute approximate surface area is 217 Å². The number of carbonyl (C=O) groups is 1. The molecule has 0 atom stereocenters. The summed E-state index contributed by atoms with van der Waals surface area (Å²) in [7, 11) is -3.85. The number of hydrogen-bond donors (Lipinski definition) is 1. The van der Waals surface area contributed by atoms with E-state index in [1.807, 2.05) is 36.4 Å².